The predicted octanol–water partition coefficient (Wildman–Crippen LogP) is 6.15. The normalized spacial score (nSPS) is 17.1. The fraction of sp³-hybridized carbons (Fsp3) is 0.524. The molecule has 1 aromatic rings. The zero-order chi connectivity index (χ0) is 18.9. The van der Waals surface area contributed by atoms with Crippen LogP contribution in [0.2, 0.25) is 5.02 Å². The van der Waals surface area contributed by atoms with E-state index in [1.807, 2.05) is 13.0 Å². The number of hydrogen-bond donors (Lipinski definition) is 1. The van der Waals surface area contributed by atoms with E-state index in [0.717, 1.165) is 17.5 Å². The lowest BCUT2D eigenvalue weighted by Crippen LogP contribution is -2.24. The van der Waals surface area contributed by atoms with E-state index in [0.29, 0.717) is 34.4 Å². The first-order valence-corrected chi connectivity index (χ1v) is 9.20. The number of aliphatic hydroxyl groups excluding tert-OH is 1. The van der Waals surface area contributed by atoms with Gasteiger partial charge in [0.05, 0.1) is 18.2 Å². The molecule has 1 aliphatic rings. The van der Waals surface area contributed by atoms with Gasteiger partial charge in [-0.3, -0.25) is 0 Å². The summed E-state index contributed by atoms with van der Waals surface area (Å²) >= 11 is 6.80. The second-order valence-electron chi connectivity index (χ2n) is 7.51. The van der Waals surface area contributed by atoms with Crippen LogP contribution in [0.25, 0.3) is 11.1 Å². The summed E-state index contributed by atoms with van der Waals surface area (Å²) in [5.41, 5.74) is 4.19. The van der Waals surface area contributed by atoms with Crippen LogP contribution in [0.3, 0.4) is 0 Å². The zero-order valence-electron chi connectivity index (χ0n) is 16.0. The van der Waals surface area contributed by atoms with E-state index in [2.05, 4.69) is 33.8 Å². The molecule has 0 bridgehead atoms. The van der Waals surface area contributed by atoms with Gasteiger partial charge in [0.2, 0.25) is 0 Å². The molecular formula is C21H28ClFO2. The Hall–Kier alpha value is -1.32. The predicted molar refractivity (Wildman–Crippen MR) is 104 cm³/mol. The second-order valence-corrected chi connectivity index (χ2v) is 7.89. The molecule has 25 heavy (non-hydrogen) atoms. The molecule has 138 valence electrons. The Morgan fingerprint density at radius 3 is 2.56 bits per heavy atom. The van der Waals surface area contributed by atoms with E-state index in [1.54, 1.807) is 6.92 Å². The molecule has 0 fully saturated rings. The molecule has 0 radical (unpaired) electrons. The second kappa shape index (κ2) is 7.51. The molecule has 0 unspecified atom stereocenters. The topological polar surface area (TPSA) is 29.5 Å². The number of rotatable bonds is 5. The van der Waals surface area contributed by atoms with Gasteiger partial charge in [-0.1, -0.05) is 45.4 Å². The molecular weight excluding hydrogens is 339 g/mol. The lowest BCUT2D eigenvalue weighted by Gasteiger charge is -2.35. The third-order valence-electron chi connectivity index (χ3n) is 4.90. The Balaban J connectivity index is 2.88. The highest BCUT2D eigenvalue weighted by Crippen LogP contribution is 2.50. The molecule has 0 saturated heterocycles. The summed E-state index contributed by atoms with van der Waals surface area (Å²) in [6, 6.07) is 1.98. The third kappa shape index (κ3) is 3.63. The molecule has 4 heteroatoms. The Morgan fingerprint density at radius 1 is 1.40 bits per heavy atom. The van der Waals surface area contributed by atoms with Gasteiger partial charge < -0.3 is 9.84 Å². The summed E-state index contributed by atoms with van der Waals surface area (Å²) in [5.74, 6) is 0.271. The number of hydrogen-bond acceptors (Lipinski definition) is 2. The standard InChI is InChI=1S/C21H28ClFO2/c1-7-25-20-15(13(4)17(23)11-24)10-16-14(12(2)3)8-9-21(5,6)18(16)19(20)22/h8,10,12,24H,7,9,11H2,1-6H3/b17-13+. The van der Waals surface area contributed by atoms with Gasteiger partial charge in [0, 0.05) is 5.56 Å². The van der Waals surface area contributed by atoms with Crippen molar-refractivity contribution in [2.24, 2.45) is 5.92 Å². The van der Waals surface area contributed by atoms with Crippen LogP contribution >= 0.6 is 11.6 Å². The molecule has 1 N–H and O–H groups in total. The van der Waals surface area contributed by atoms with Crippen molar-refractivity contribution in [1.82, 2.24) is 0 Å². The molecule has 0 aromatic heterocycles. The number of allylic oxidation sites excluding steroid dienone is 3. The van der Waals surface area contributed by atoms with E-state index in [4.69, 9.17) is 16.3 Å². The summed E-state index contributed by atoms with van der Waals surface area (Å²) < 4.78 is 19.9. The number of benzene rings is 1. The summed E-state index contributed by atoms with van der Waals surface area (Å²) in [7, 11) is 0. The fourth-order valence-electron chi connectivity index (χ4n) is 3.47. The van der Waals surface area contributed by atoms with Crippen molar-refractivity contribution in [1.29, 1.82) is 0 Å². The first-order valence-electron chi connectivity index (χ1n) is 8.82. The zero-order valence-corrected chi connectivity index (χ0v) is 16.7. The van der Waals surface area contributed by atoms with E-state index in [9.17, 15) is 9.50 Å². The summed E-state index contributed by atoms with van der Waals surface area (Å²) in [5, 5.41) is 9.75. The van der Waals surface area contributed by atoms with Crippen LogP contribution < -0.4 is 4.74 Å². The van der Waals surface area contributed by atoms with Crippen LogP contribution in [-0.2, 0) is 5.41 Å². The van der Waals surface area contributed by atoms with Gasteiger partial charge in [-0.2, -0.15) is 0 Å². The molecule has 0 saturated carbocycles. The average Bonchev–Trinajstić information content (AvgIpc) is 2.54. The lowest BCUT2D eigenvalue weighted by molar-refractivity contribution is 0.299. The van der Waals surface area contributed by atoms with Crippen LogP contribution in [0.1, 0.15) is 64.7 Å². The maximum atomic E-state index is 14.1. The van der Waals surface area contributed by atoms with Crippen molar-refractivity contribution < 1.29 is 14.2 Å². The van der Waals surface area contributed by atoms with E-state index < -0.39 is 12.4 Å². The minimum atomic E-state index is -0.634. The molecule has 1 aromatic carbocycles. The van der Waals surface area contributed by atoms with Crippen molar-refractivity contribution in [3.63, 3.8) is 0 Å². The Labute approximate surface area is 155 Å². The molecule has 2 nitrogen and oxygen atoms in total. The average molecular weight is 367 g/mol. The van der Waals surface area contributed by atoms with Gasteiger partial charge in [0.25, 0.3) is 0 Å². The largest absolute Gasteiger partial charge is 0.492 e. The quantitative estimate of drug-likeness (QED) is 0.676. The molecule has 0 atom stereocenters. The van der Waals surface area contributed by atoms with Crippen LogP contribution in [-0.4, -0.2) is 18.3 Å². The van der Waals surface area contributed by atoms with Gasteiger partial charge in [-0.25, -0.2) is 4.39 Å². The highest BCUT2D eigenvalue weighted by atomic mass is 35.5. The van der Waals surface area contributed by atoms with Gasteiger partial charge in [-0.15, -0.1) is 0 Å². The van der Waals surface area contributed by atoms with Crippen molar-refractivity contribution in [2.75, 3.05) is 13.2 Å². The number of fused-ring (bicyclic) bond motifs is 1. The van der Waals surface area contributed by atoms with Crippen LogP contribution in [0.4, 0.5) is 4.39 Å². The molecule has 2 rings (SSSR count). The molecule has 0 aliphatic heterocycles. The Morgan fingerprint density at radius 2 is 2.04 bits per heavy atom. The van der Waals surface area contributed by atoms with E-state index in [1.165, 1.54) is 5.57 Å². The first kappa shape index (κ1) is 20.0. The lowest BCUT2D eigenvalue weighted by atomic mass is 9.70. The van der Waals surface area contributed by atoms with Gasteiger partial charge in [-0.05, 0) is 59.9 Å². The molecule has 0 spiro atoms. The van der Waals surface area contributed by atoms with Gasteiger partial charge in [0.15, 0.2) is 0 Å². The maximum absolute atomic E-state index is 14.1. The number of halogens is 2. The summed E-state index contributed by atoms with van der Waals surface area (Å²) in [4.78, 5) is 0. The SMILES string of the molecule is CCOc1c(/C(C)=C(/F)CO)cc2c(c1Cl)C(C)(C)CC=C2C(C)C. The molecule has 1 aliphatic carbocycles. The fourth-order valence-corrected chi connectivity index (χ4v) is 3.99. The minimum absolute atomic E-state index is 0.123. The van der Waals surface area contributed by atoms with E-state index >= 15 is 0 Å². The monoisotopic (exact) mass is 366 g/mol. The van der Waals surface area contributed by atoms with Crippen molar-refractivity contribution in [3.8, 4) is 5.75 Å². The molecule has 0 amide bonds. The van der Waals surface area contributed by atoms with Crippen molar-refractivity contribution >= 4 is 22.7 Å². The van der Waals surface area contributed by atoms with Crippen molar-refractivity contribution in [2.45, 2.75) is 53.4 Å². The molecule has 0 heterocycles. The summed E-state index contributed by atoms with van der Waals surface area (Å²) in [6.45, 7) is 12.0. The van der Waals surface area contributed by atoms with Crippen LogP contribution in [0, 0.1) is 5.92 Å². The van der Waals surface area contributed by atoms with Crippen molar-refractivity contribution in [3.05, 3.63) is 39.7 Å². The first-order chi connectivity index (χ1) is 11.7. The van der Waals surface area contributed by atoms with Crippen LogP contribution in [0.5, 0.6) is 5.75 Å². The highest BCUT2D eigenvalue weighted by Gasteiger charge is 2.34. The smallest absolute Gasteiger partial charge is 0.145 e. The number of ether oxygens (including phenoxy) is 1. The van der Waals surface area contributed by atoms with E-state index in [-0.39, 0.29) is 5.41 Å². The Bertz CT molecular complexity index is 730. The minimum Gasteiger partial charge on any atom is -0.492 e. The van der Waals surface area contributed by atoms with Crippen LogP contribution in [0.15, 0.2) is 18.0 Å². The third-order valence-corrected chi connectivity index (χ3v) is 5.26. The van der Waals surface area contributed by atoms with Gasteiger partial charge >= 0.3 is 0 Å². The highest BCUT2D eigenvalue weighted by molar-refractivity contribution is 6.33. The summed E-state index contributed by atoms with van der Waals surface area (Å²) in [6.07, 6.45) is 3.16. The maximum Gasteiger partial charge on any atom is 0.145 e. The number of aliphatic hydroxyl groups is 1. The van der Waals surface area contributed by atoms with Gasteiger partial charge in [0.1, 0.15) is 11.6 Å². The Kier molecular flexibility index (Phi) is 6.01.